The van der Waals surface area contributed by atoms with Crippen LogP contribution in [-0.2, 0) is 11.3 Å². The van der Waals surface area contributed by atoms with E-state index in [1.807, 2.05) is 26.1 Å². The van der Waals surface area contributed by atoms with Gasteiger partial charge in [-0.25, -0.2) is 0 Å². The van der Waals surface area contributed by atoms with Gasteiger partial charge in [-0.3, -0.25) is 4.79 Å². The number of amides is 1. The molecule has 1 heterocycles. The molecule has 1 amide bonds. The Hall–Kier alpha value is -0.770. The van der Waals surface area contributed by atoms with E-state index < -0.39 is 5.54 Å². The van der Waals surface area contributed by atoms with Crippen molar-refractivity contribution in [3.63, 3.8) is 0 Å². The maximum Gasteiger partial charge on any atom is 0.242 e. The molecule has 1 N–H and O–H groups in total. The maximum absolute atomic E-state index is 12.6. The van der Waals surface area contributed by atoms with E-state index in [4.69, 9.17) is 23.2 Å². The van der Waals surface area contributed by atoms with Gasteiger partial charge in [0, 0.05) is 23.6 Å². The number of hydrogen-bond acceptors (Lipinski definition) is 2. The Morgan fingerprint density at radius 1 is 1.30 bits per heavy atom. The average molecular weight is 315 g/mol. The molecule has 0 bridgehead atoms. The zero-order chi connectivity index (χ0) is 14.8. The molecule has 5 heteroatoms. The van der Waals surface area contributed by atoms with Crippen LogP contribution in [-0.4, -0.2) is 29.9 Å². The molecule has 20 heavy (non-hydrogen) atoms. The topological polar surface area (TPSA) is 32.3 Å². The van der Waals surface area contributed by atoms with Crippen LogP contribution >= 0.6 is 23.2 Å². The van der Waals surface area contributed by atoms with E-state index in [0.717, 1.165) is 31.4 Å². The highest BCUT2D eigenvalue weighted by atomic mass is 35.5. The van der Waals surface area contributed by atoms with Gasteiger partial charge in [-0.2, -0.15) is 0 Å². The summed E-state index contributed by atoms with van der Waals surface area (Å²) in [7, 11) is 1.82. The Kier molecular flexibility index (Phi) is 4.95. The van der Waals surface area contributed by atoms with Gasteiger partial charge in [0.25, 0.3) is 0 Å². The highest BCUT2D eigenvalue weighted by Gasteiger charge is 2.36. The second-order valence-corrected chi connectivity index (χ2v) is 6.53. The first kappa shape index (κ1) is 15.6. The van der Waals surface area contributed by atoms with Crippen molar-refractivity contribution in [2.75, 3.05) is 13.6 Å². The van der Waals surface area contributed by atoms with E-state index in [1.54, 1.807) is 11.0 Å². The number of benzene rings is 1. The standard InChI is InChI=1S/C15H20Cl2N2O/c1-15(5-3-4-6-18-15)14(20)19(2)10-11-7-12(16)9-13(17)8-11/h7-9,18H,3-6,10H2,1-2H3. The lowest BCUT2D eigenvalue weighted by Crippen LogP contribution is -2.57. The molecule has 0 aromatic heterocycles. The number of hydrogen-bond donors (Lipinski definition) is 1. The fourth-order valence-corrected chi connectivity index (χ4v) is 3.28. The van der Waals surface area contributed by atoms with Crippen LogP contribution in [0.2, 0.25) is 10.0 Å². The van der Waals surface area contributed by atoms with Gasteiger partial charge in [0.1, 0.15) is 0 Å². The van der Waals surface area contributed by atoms with Crippen LogP contribution in [0.4, 0.5) is 0 Å². The number of nitrogens with one attached hydrogen (secondary N) is 1. The molecule has 1 aromatic carbocycles. The van der Waals surface area contributed by atoms with E-state index in [2.05, 4.69) is 5.32 Å². The van der Waals surface area contributed by atoms with Gasteiger partial charge in [-0.15, -0.1) is 0 Å². The molecular formula is C15H20Cl2N2O. The third-order valence-electron chi connectivity index (χ3n) is 3.78. The molecule has 0 radical (unpaired) electrons. The lowest BCUT2D eigenvalue weighted by molar-refractivity contribution is -0.137. The summed E-state index contributed by atoms with van der Waals surface area (Å²) in [6.45, 7) is 3.39. The van der Waals surface area contributed by atoms with Gasteiger partial charge in [-0.1, -0.05) is 23.2 Å². The van der Waals surface area contributed by atoms with Crippen molar-refractivity contribution in [3.8, 4) is 0 Å². The minimum atomic E-state index is -0.449. The van der Waals surface area contributed by atoms with E-state index in [0.29, 0.717) is 16.6 Å². The molecule has 1 aliphatic heterocycles. The quantitative estimate of drug-likeness (QED) is 0.926. The Morgan fingerprint density at radius 3 is 2.50 bits per heavy atom. The van der Waals surface area contributed by atoms with Crippen LogP contribution in [0, 0.1) is 0 Å². The SMILES string of the molecule is CN(Cc1cc(Cl)cc(Cl)c1)C(=O)C1(C)CCCCN1. The molecule has 0 aliphatic carbocycles. The Morgan fingerprint density at radius 2 is 1.95 bits per heavy atom. The van der Waals surface area contributed by atoms with E-state index >= 15 is 0 Å². The van der Waals surface area contributed by atoms with Crippen molar-refractivity contribution in [2.45, 2.75) is 38.3 Å². The van der Waals surface area contributed by atoms with Gasteiger partial charge >= 0.3 is 0 Å². The van der Waals surface area contributed by atoms with Crippen LogP contribution in [0.5, 0.6) is 0 Å². The first-order valence-electron chi connectivity index (χ1n) is 6.86. The number of likely N-dealkylation sites (N-methyl/N-ethyl adjacent to an activating group) is 1. The minimum Gasteiger partial charge on any atom is -0.340 e. The van der Waals surface area contributed by atoms with Gasteiger partial charge in [0.05, 0.1) is 5.54 Å². The summed E-state index contributed by atoms with van der Waals surface area (Å²) in [5, 5.41) is 4.53. The molecule has 1 aromatic rings. The number of piperidine rings is 1. The van der Waals surface area contributed by atoms with Crippen LogP contribution in [0.1, 0.15) is 31.7 Å². The van der Waals surface area contributed by atoms with Crippen molar-refractivity contribution in [1.29, 1.82) is 0 Å². The van der Waals surface area contributed by atoms with Crippen molar-refractivity contribution in [3.05, 3.63) is 33.8 Å². The number of halogens is 2. The number of nitrogens with zero attached hydrogens (tertiary/aromatic N) is 1. The van der Waals surface area contributed by atoms with Gasteiger partial charge < -0.3 is 10.2 Å². The normalized spacial score (nSPS) is 22.6. The molecule has 1 unspecified atom stereocenters. The smallest absolute Gasteiger partial charge is 0.242 e. The van der Waals surface area contributed by atoms with Crippen LogP contribution < -0.4 is 5.32 Å². The first-order valence-corrected chi connectivity index (χ1v) is 7.62. The Bertz CT molecular complexity index is 478. The largest absolute Gasteiger partial charge is 0.340 e. The zero-order valence-electron chi connectivity index (χ0n) is 11.9. The molecule has 1 atom stereocenters. The number of carbonyl (C=O) groups excluding carboxylic acids is 1. The van der Waals surface area contributed by atoms with Crippen molar-refractivity contribution in [2.24, 2.45) is 0 Å². The summed E-state index contributed by atoms with van der Waals surface area (Å²) >= 11 is 12.0. The molecule has 1 fully saturated rings. The van der Waals surface area contributed by atoms with Crippen molar-refractivity contribution >= 4 is 29.1 Å². The van der Waals surface area contributed by atoms with Crippen molar-refractivity contribution in [1.82, 2.24) is 10.2 Å². The first-order chi connectivity index (χ1) is 9.40. The second-order valence-electron chi connectivity index (χ2n) is 5.65. The highest BCUT2D eigenvalue weighted by Crippen LogP contribution is 2.23. The van der Waals surface area contributed by atoms with Gasteiger partial charge in [-0.05, 0) is 56.5 Å². The van der Waals surface area contributed by atoms with Crippen LogP contribution in [0.25, 0.3) is 0 Å². The summed E-state index contributed by atoms with van der Waals surface area (Å²) in [5.41, 5.74) is 0.493. The molecular weight excluding hydrogens is 295 g/mol. The third kappa shape index (κ3) is 3.66. The fourth-order valence-electron chi connectivity index (χ4n) is 2.71. The summed E-state index contributed by atoms with van der Waals surface area (Å²) in [4.78, 5) is 14.3. The summed E-state index contributed by atoms with van der Waals surface area (Å²) in [6, 6.07) is 5.38. The van der Waals surface area contributed by atoms with E-state index in [1.165, 1.54) is 0 Å². The predicted molar refractivity (Wildman–Crippen MR) is 83.2 cm³/mol. The average Bonchev–Trinajstić information content (AvgIpc) is 2.37. The van der Waals surface area contributed by atoms with E-state index in [9.17, 15) is 4.79 Å². The Labute approximate surface area is 130 Å². The summed E-state index contributed by atoms with van der Waals surface area (Å²) < 4.78 is 0. The maximum atomic E-state index is 12.6. The summed E-state index contributed by atoms with van der Waals surface area (Å²) in [6.07, 6.45) is 3.11. The molecule has 0 saturated carbocycles. The van der Waals surface area contributed by atoms with Gasteiger partial charge in [0.2, 0.25) is 5.91 Å². The predicted octanol–water partition coefficient (Wildman–Crippen LogP) is 3.48. The zero-order valence-corrected chi connectivity index (χ0v) is 13.4. The van der Waals surface area contributed by atoms with E-state index in [-0.39, 0.29) is 5.91 Å². The molecule has 1 saturated heterocycles. The minimum absolute atomic E-state index is 0.119. The Balaban J connectivity index is 2.07. The molecule has 3 nitrogen and oxygen atoms in total. The lowest BCUT2D eigenvalue weighted by atomic mass is 9.89. The number of rotatable bonds is 3. The molecule has 1 aliphatic rings. The van der Waals surface area contributed by atoms with Crippen molar-refractivity contribution < 1.29 is 4.79 Å². The van der Waals surface area contributed by atoms with Crippen LogP contribution in [0.15, 0.2) is 18.2 Å². The summed E-state index contributed by atoms with van der Waals surface area (Å²) in [5.74, 6) is 0.119. The second kappa shape index (κ2) is 6.33. The molecule has 110 valence electrons. The monoisotopic (exact) mass is 314 g/mol. The highest BCUT2D eigenvalue weighted by molar-refractivity contribution is 6.34. The fraction of sp³-hybridized carbons (Fsp3) is 0.533. The molecule has 0 spiro atoms. The van der Waals surface area contributed by atoms with Crippen LogP contribution in [0.3, 0.4) is 0 Å². The molecule has 2 rings (SSSR count). The lowest BCUT2D eigenvalue weighted by Gasteiger charge is -2.36. The third-order valence-corrected chi connectivity index (χ3v) is 4.22. The number of carbonyl (C=O) groups is 1. The van der Waals surface area contributed by atoms with Gasteiger partial charge in [0.15, 0.2) is 0 Å².